The number of nitrogens with one attached hydrogen (secondary N) is 1. The molecule has 0 spiro atoms. The van der Waals surface area contributed by atoms with Gasteiger partial charge in [0.2, 0.25) is 5.28 Å². The standard InChI is InChI=1S/C11H14ClN5/c1-7-4-10(16-11(12)15-7)13-5-9-6-14-17(3)8(9)2/h4,6H,5H2,1-3H3,(H,13,15,16). The lowest BCUT2D eigenvalue weighted by molar-refractivity contribution is 0.738. The number of anilines is 1. The zero-order valence-electron chi connectivity index (χ0n) is 10.0. The summed E-state index contributed by atoms with van der Waals surface area (Å²) in [6, 6.07) is 1.86. The van der Waals surface area contributed by atoms with E-state index in [1.165, 1.54) is 0 Å². The number of hydrogen-bond acceptors (Lipinski definition) is 4. The molecule has 0 aliphatic heterocycles. The minimum atomic E-state index is 0.260. The predicted octanol–water partition coefficient (Wildman–Crippen LogP) is 2.09. The Morgan fingerprint density at radius 1 is 1.35 bits per heavy atom. The van der Waals surface area contributed by atoms with Crippen molar-refractivity contribution in [3.63, 3.8) is 0 Å². The van der Waals surface area contributed by atoms with Crippen LogP contribution in [-0.2, 0) is 13.6 Å². The largest absolute Gasteiger partial charge is 0.366 e. The van der Waals surface area contributed by atoms with Crippen LogP contribution in [0.25, 0.3) is 0 Å². The van der Waals surface area contributed by atoms with Crippen molar-refractivity contribution in [3.8, 4) is 0 Å². The van der Waals surface area contributed by atoms with Gasteiger partial charge in [-0.3, -0.25) is 4.68 Å². The molecule has 6 heteroatoms. The summed E-state index contributed by atoms with van der Waals surface area (Å²) in [5.41, 5.74) is 3.12. The third-order valence-electron chi connectivity index (χ3n) is 2.62. The zero-order valence-corrected chi connectivity index (χ0v) is 10.8. The van der Waals surface area contributed by atoms with Crippen molar-refractivity contribution < 1.29 is 0 Å². The van der Waals surface area contributed by atoms with Crippen LogP contribution in [0.15, 0.2) is 12.3 Å². The van der Waals surface area contributed by atoms with E-state index in [9.17, 15) is 0 Å². The van der Waals surface area contributed by atoms with Gasteiger partial charge in [0, 0.05) is 36.6 Å². The molecule has 2 rings (SSSR count). The second-order valence-electron chi connectivity index (χ2n) is 3.90. The highest BCUT2D eigenvalue weighted by Crippen LogP contribution is 2.12. The van der Waals surface area contributed by atoms with Gasteiger partial charge < -0.3 is 5.32 Å². The van der Waals surface area contributed by atoms with Crippen molar-refractivity contribution in [1.82, 2.24) is 19.7 Å². The van der Waals surface area contributed by atoms with Crippen molar-refractivity contribution in [2.75, 3.05) is 5.32 Å². The molecule has 1 N–H and O–H groups in total. The lowest BCUT2D eigenvalue weighted by atomic mass is 10.2. The molecule has 2 aromatic heterocycles. The van der Waals surface area contributed by atoms with Crippen LogP contribution in [0.3, 0.4) is 0 Å². The fourth-order valence-electron chi connectivity index (χ4n) is 1.53. The molecule has 17 heavy (non-hydrogen) atoms. The normalized spacial score (nSPS) is 10.6. The summed E-state index contributed by atoms with van der Waals surface area (Å²) in [6.07, 6.45) is 1.85. The number of hydrogen-bond donors (Lipinski definition) is 1. The molecule has 2 aromatic rings. The van der Waals surface area contributed by atoms with E-state index in [1.54, 1.807) is 0 Å². The molecule has 0 amide bonds. The monoisotopic (exact) mass is 251 g/mol. The fourth-order valence-corrected chi connectivity index (χ4v) is 1.75. The summed E-state index contributed by atoms with van der Waals surface area (Å²) in [4.78, 5) is 8.11. The molecule has 0 bridgehead atoms. The van der Waals surface area contributed by atoms with E-state index in [1.807, 2.05) is 37.8 Å². The van der Waals surface area contributed by atoms with Gasteiger partial charge in [0.05, 0.1) is 6.20 Å². The maximum absolute atomic E-state index is 5.79. The van der Waals surface area contributed by atoms with Crippen LogP contribution in [-0.4, -0.2) is 19.7 Å². The van der Waals surface area contributed by atoms with E-state index < -0.39 is 0 Å². The summed E-state index contributed by atoms with van der Waals surface area (Å²) < 4.78 is 1.84. The third kappa shape index (κ3) is 2.74. The molecule has 90 valence electrons. The number of rotatable bonds is 3. The highest BCUT2D eigenvalue weighted by atomic mass is 35.5. The predicted molar refractivity (Wildman–Crippen MR) is 67.1 cm³/mol. The molecular formula is C11H14ClN5. The quantitative estimate of drug-likeness (QED) is 0.849. The van der Waals surface area contributed by atoms with Crippen LogP contribution in [0.1, 0.15) is 17.0 Å². The molecule has 2 heterocycles. The van der Waals surface area contributed by atoms with Gasteiger partial charge in [-0.1, -0.05) is 0 Å². The molecule has 0 saturated heterocycles. The van der Waals surface area contributed by atoms with Gasteiger partial charge in [-0.05, 0) is 25.4 Å². The van der Waals surface area contributed by atoms with Crippen LogP contribution >= 0.6 is 11.6 Å². The number of aromatic nitrogens is 4. The van der Waals surface area contributed by atoms with Crippen LogP contribution in [0, 0.1) is 13.8 Å². The van der Waals surface area contributed by atoms with Crippen molar-refractivity contribution in [3.05, 3.63) is 34.5 Å². The van der Waals surface area contributed by atoms with Gasteiger partial charge in [0.25, 0.3) is 0 Å². The average molecular weight is 252 g/mol. The number of aryl methyl sites for hydroxylation is 2. The Morgan fingerprint density at radius 2 is 2.12 bits per heavy atom. The van der Waals surface area contributed by atoms with Gasteiger partial charge in [-0.25, -0.2) is 9.97 Å². The molecule has 0 aliphatic carbocycles. The van der Waals surface area contributed by atoms with Gasteiger partial charge in [0.15, 0.2) is 0 Å². The molecule has 0 aromatic carbocycles. The van der Waals surface area contributed by atoms with Gasteiger partial charge in [0.1, 0.15) is 5.82 Å². The maximum atomic E-state index is 5.79. The maximum Gasteiger partial charge on any atom is 0.224 e. The van der Waals surface area contributed by atoms with Crippen LogP contribution < -0.4 is 5.32 Å². The second kappa shape index (κ2) is 4.71. The molecule has 0 saturated carbocycles. The molecular weight excluding hydrogens is 238 g/mol. The Morgan fingerprint density at radius 3 is 2.71 bits per heavy atom. The molecule has 0 aliphatic rings. The SMILES string of the molecule is Cc1cc(NCc2cnn(C)c2C)nc(Cl)n1. The first kappa shape index (κ1) is 11.9. The first-order chi connectivity index (χ1) is 8.06. The molecule has 0 unspecified atom stereocenters. The smallest absolute Gasteiger partial charge is 0.224 e. The van der Waals surface area contributed by atoms with Crippen LogP contribution in [0.5, 0.6) is 0 Å². The lowest BCUT2D eigenvalue weighted by Crippen LogP contribution is -2.04. The Bertz CT molecular complexity index is 514. The summed E-state index contributed by atoms with van der Waals surface area (Å²) in [5, 5.41) is 7.65. The van der Waals surface area contributed by atoms with E-state index in [4.69, 9.17) is 11.6 Å². The van der Waals surface area contributed by atoms with Crippen molar-refractivity contribution in [2.24, 2.45) is 7.05 Å². The Labute approximate surface area is 105 Å². The summed E-state index contributed by atoms with van der Waals surface area (Å²) in [6.45, 7) is 4.59. The lowest BCUT2D eigenvalue weighted by Gasteiger charge is -2.06. The Hall–Kier alpha value is -1.62. The van der Waals surface area contributed by atoms with E-state index in [0.29, 0.717) is 6.54 Å². The van der Waals surface area contributed by atoms with Crippen molar-refractivity contribution in [1.29, 1.82) is 0 Å². The van der Waals surface area contributed by atoms with Gasteiger partial charge in [-0.2, -0.15) is 5.10 Å². The molecule has 0 radical (unpaired) electrons. The zero-order chi connectivity index (χ0) is 12.4. The Kier molecular flexibility index (Phi) is 3.28. The summed E-state index contributed by atoms with van der Waals surface area (Å²) in [7, 11) is 1.92. The van der Waals surface area contributed by atoms with Crippen LogP contribution in [0.2, 0.25) is 5.28 Å². The summed E-state index contributed by atoms with van der Waals surface area (Å²) in [5.74, 6) is 0.728. The molecule has 5 nitrogen and oxygen atoms in total. The van der Waals surface area contributed by atoms with E-state index in [-0.39, 0.29) is 5.28 Å². The third-order valence-corrected chi connectivity index (χ3v) is 2.79. The van der Waals surface area contributed by atoms with E-state index in [2.05, 4.69) is 20.4 Å². The average Bonchev–Trinajstić information content (AvgIpc) is 2.56. The van der Waals surface area contributed by atoms with E-state index in [0.717, 1.165) is 22.8 Å². The first-order valence-corrected chi connectivity index (χ1v) is 5.66. The fraction of sp³-hybridized carbons (Fsp3) is 0.364. The highest BCUT2D eigenvalue weighted by Gasteiger charge is 2.04. The van der Waals surface area contributed by atoms with Crippen molar-refractivity contribution in [2.45, 2.75) is 20.4 Å². The minimum absolute atomic E-state index is 0.260. The van der Waals surface area contributed by atoms with Crippen molar-refractivity contribution >= 4 is 17.4 Å². The van der Waals surface area contributed by atoms with Gasteiger partial charge in [-0.15, -0.1) is 0 Å². The van der Waals surface area contributed by atoms with Gasteiger partial charge >= 0.3 is 0 Å². The molecule has 0 fully saturated rings. The molecule has 0 atom stereocenters. The van der Waals surface area contributed by atoms with E-state index >= 15 is 0 Å². The number of nitrogens with zero attached hydrogens (tertiary/aromatic N) is 4. The topological polar surface area (TPSA) is 55.6 Å². The summed E-state index contributed by atoms with van der Waals surface area (Å²) >= 11 is 5.79. The highest BCUT2D eigenvalue weighted by molar-refractivity contribution is 6.28. The first-order valence-electron chi connectivity index (χ1n) is 5.29. The minimum Gasteiger partial charge on any atom is -0.366 e. The second-order valence-corrected chi connectivity index (χ2v) is 4.23. The van der Waals surface area contributed by atoms with Crippen LogP contribution in [0.4, 0.5) is 5.82 Å². The Balaban J connectivity index is 2.09. The number of halogens is 1.